The molecule has 7 heteroatoms. The fraction of sp³-hybridized carbons (Fsp3) is 0.364. The Bertz CT molecular complexity index is 937. The summed E-state index contributed by atoms with van der Waals surface area (Å²) >= 11 is 0. The number of anilines is 1. The molecule has 0 bridgehead atoms. The Kier molecular flexibility index (Phi) is 5.29. The predicted octanol–water partition coefficient (Wildman–Crippen LogP) is 3.14. The van der Waals surface area contributed by atoms with E-state index in [1.165, 1.54) is 37.3 Å². The van der Waals surface area contributed by atoms with Gasteiger partial charge < -0.3 is 24.3 Å². The molecule has 152 valence electrons. The molecular weight excluding hydrogens is 374 g/mol. The fourth-order valence-electron chi connectivity index (χ4n) is 3.57. The van der Waals surface area contributed by atoms with E-state index in [9.17, 15) is 9.59 Å². The first-order chi connectivity index (χ1) is 14.0. The molecule has 0 radical (unpaired) electrons. The van der Waals surface area contributed by atoms with Crippen LogP contribution in [0.1, 0.15) is 34.8 Å². The molecular formula is C22H23NO6. The summed E-state index contributed by atoms with van der Waals surface area (Å²) in [5.41, 5.74) is 3.52. The number of carbonyl (C=O) groups is 2. The Balaban J connectivity index is 1.43. The lowest BCUT2D eigenvalue weighted by Crippen LogP contribution is -2.30. The molecule has 1 aliphatic carbocycles. The summed E-state index contributed by atoms with van der Waals surface area (Å²) in [5.74, 6) is 0.220. The first-order valence-corrected chi connectivity index (χ1v) is 9.66. The number of methoxy groups -OCH3 is 1. The molecule has 2 aliphatic rings. The third-order valence-electron chi connectivity index (χ3n) is 5.08. The van der Waals surface area contributed by atoms with Crippen LogP contribution in [0.3, 0.4) is 0 Å². The molecule has 2 aromatic carbocycles. The lowest BCUT2D eigenvalue weighted by atomic mass is 10.1. The number of esters is 1. The van der Waals surface area contributed by atoms with Gasteiger partial charge in [-0.15, -0.1) is 0 Å². The van der Waals surface area contributed by atoms with E-state index in [4.69, 9.17) is 18.9 Å². The average Bonchev–Trinajstić information content (AvgIpc) is 3.20. The first kappa shape index (κ1) is 19.1. The van der Waals surface area contributed by atoms with Crippen LogP contribution >= 0.6 is 0 Å². The van der Waals surface area contributed by atoms with E-state index in [-0.39, 0.29) is 11.5 Å². The van der Waals surface area contributed by atoms with E-state index >= 15 is 0 Å². The van der Waals surface area contributed by atoms with Gasteiger partial charge in [0.05, 0.1) is 12.7 Å². The van der Waals surface area contributed by atoms with Crippen LogP contribution < -0.4 is 19.5 Å². The number of aryl methyl sites for hydroxylation is 2. The van der Waals surface area contributed by atoms with Crippen LogP contribution in [0.2, 0.25) is 0 Å². The van der Waals surface area contributed by atoms with E-state index in [1.807, 2.05) is 18.2 Å². The van der Waals surface area contributed by atoms with Gasteiger partial charge in [-0.05, 0) is 61.6 Å². The molecule has 2 aromatic rings. The molecule has 0 saturated heterocycles. The van der Waals surface area contributed by atoms with E-state index in [0.29, 0.717) is 36.1 Å². The highest BCUT2D eigenvalue weighted by molar-refractivity contribution is 5.98. The molecule has 0 fully saturated rings. The normalized spacial score (nSPS) is 15.2. The van der Waals surface area contributed by atoms with Gasteiger partial charge in [-0.2, -0.15) is 0 Å². The Morgan fingerprint density at radius 3 is 2.69 bits per heavy atom. The van der Waals surface area contributed by atoms with Crippen LogP contribution in [0.4, 0.5) is 5.69 Å². The van der Waals surface area contributed by atoms with E-state index in [0.717, 1.165) is 19.3 Å². The number of rotatable bonds is 5. The van der Waals surface area contributed by atoms with Gasteiger partial charge >= 0.3 is 5.97 Å². The topological polar surface area (TPSA) is 83.1 Å². The maximum Gasteiger partial charge on any atom is 0.339 e. The quantitative estimate of drug-likeness (QED) is 0.781. The van der Waals surface area contributed by atoms with E-state index in [1.54, 1.807) is 0 Å². The van der Waals surface area contributed by atoms with Crippen molar-refractivity contribution in [3.63, 3.8) is 0 Å². The lowest BCUT2D eigenvalue weighted by Gasteiger charge is -2.21. The highest BCUT2D eigenvalue weighted by atomic mass is 16.6. The zero-order valence-corrected chi connectivity index (χ0v) is 16.4. The predicted molar refractivity (Wildman–Crippen MR) is 106 cm³/mol. The molecule has 0 unspecified atom stereocenters. The highest BCUT2D eigenvalue weighted by Crippen LogP contribution is 2.40. The van der Waals surface area contributed by atoms with Gasteiger partial charge in [-0.25, -0.2) is 4.79 Å². The van der Waals surface area contributed by atoms with Gasteiger partial charge in [0.25, 0.3) is 5.91 Å². The molecule has 7 nitrogen and oxygen atoms in total. The highest BCUT2D eigenvalue weighted by Gasteiger charge is 2.24. The molecule has 1 N–H and O–H groups in total. The van der Waals surface area contributed by atoms with Crippen molar-refractivity contribution < 1.29 is 28.5 Å². The molecule has 1 aliphatic heterocycles. The molecule has 0 saturated carbocycles. The molecule has 0 spiro atoms. The maximum atomic E-state index is 12.6. The first-order valence-electron chi connectivity index (χ1n) is 9.66. The Morgan fingerprint density at radius 2 is 1.86 bits per heavy atom. The third-order valence-corrected chi connectivity index (χ3v) is 5.08. The van der Waals surface area contributed by atoms with Crippen LogP contribution in [0.25, 0.3) is 0 Å². The molecule has 0 aromatic heterocycles. The summed E-state index contributed by atoms with van der Waals surface area (Å²) in [6.07, 6.45) is 2.28. The monoisotopic (exact) mass is 397 g/mol. The van der Waals surface area contributed by atoms with Crippen LogP contribution in [-0.4, -0.2) is 38.3 Å². The van der Waals surface area contributed by atoms with Crippen molar-refractivity contribution in [3.05, 3.63) is 47.0 Å². The van der Waals surface area contributed by atoms with Crippen molar-refractivity contribution in [2.45, 2.75) is 32.3 Å². The molecule has 1 atom stereocenters. The van der Waals surface area contributed by atoms with Crippen molar-refractivity contribution in [2.24, 2.45) is 0 Å². The van der Waals surface area contributed by atoms with Crippen LogP contribution in [-0.2, 0) is 22.4 Å². The molecule has 1 heterocycles. The van der Waals surface area contributed by atoms with E-state index in [2.05, 4.69) is 5.32 Å². The zero-order chi connectivity index (χ0) is 20.4. The second-order valence-electron chi connectivity index (χ2n) is 7.08. The van der Waals surface area contributed by atoms with E-state index < -0.39 is 12.1 Å². The van der Waals surface area contributed by atoms with Crippen LogP contribution in [0.15, 0.2) is 30.3 Å². The number of nitrogens with one attached hydrogen (secondary N) is 1. The van der Waals surface area contributed by atoms with Gasteiger partial charge in [0.15, 0.2) is 17.6 Å². The zero-order valence-electron chi connectivity index (χ0n) is 16.4. The Morgan fingerprint density at radius 1 is 1.07 bits per heavy atom. The van der Waals surface area contributed by atoms with Gasteiger partial charge in [0.2, 0.25) is 5.75 Å². The smallest absolute Gasteiger partial charge is 0.339 e. The largest absolute Gasteiger partial charge is 0.493 e. The molecule has 4 rings (SSSR count). The lowest BCUT2D eigenvalue weighted by molar-refractivity contribution is -0.123. The number of benzene rings is 2. The van der Waals surface area contributed by atoms with Crippen molar-refractivity contribution >= 4 is 17.6 Å². The average molecular weight is 397 g/mol. The fourth-order valence-corrected chi connectivity index (χ4v) is 3.57. The summed E-state index contributed by atoms with van der Waals surface area (Å²) in [6.45, 7) is 2.33. The van der Waals surface area contributed by atoms with Gasteiger partial charge in [0, 0.05) is 5.69 Å². The van der Waals surface area contributed by atoms with Crippen molar-refractivity contribution in [2.75, 3.05) is 25.6 Å². The molecule has 1 amide bonds. The molecule has 29 heavy (non-hydrogen) atoms. The standard InChI is InChI=1S/C22H23NO6/c1-13(21(24)23-17-7-6-14-4-3-5-15(14)10-17)29-22(25)16-11-18(26-2)20-19(12-16)27-8-9-28-20/h6-7,10-13H,3-5,8-9H2,1-2H3,(H,23,24)/t13-/m1/s1. The van der Waals surface area contributed by atoms with Gasteiger partial charge in [-0.1, -0.05) is 6.07 Å². The van der Waals surface area contributed by atoms with Crippen molar-refractivity contribution in [1.82, 2.24) is 0 Å². The van der Waals surface area contributed by atoms with Gasteiger partial charge in [0.1, 0.15) is 13.2 Å². The number of hydrogen-bond acceptors (Lipinski definition) is 6. The summed E-state index contributed by atoms with van der Waals surface area (Å²) in [7, 11) is 1.48. The number of amides is 1. The van der Waals surface area contributed by atoms with Gasteiger partial charge in [-0.3, -0.25) is 4.79 Å². The summed E-state index contributed by atoms with van der Waals surface area (Å²) in [6, 6.07) is 8.95. The number of hydrogen-bond donors (Lipinski definition) is 1. The van der Waals surface area contributed by atoms with Crippen molar-refractivity contribution in [3.8, 4) is 17.2 Å². The van der Waals surface area contributed by atoms with Crippen LogP contribution in [0, 0.1) is 0 Å². The number of fused-ring (bicyclic) bond motifs is 2. The Hall–Kier alpha value is -3.22. The number of carbonyl (C=O) groups excluding carboxylic acids is 2. The van der Waals surface area contributed by atoms with Crippen molar-refractivity contribution in [1.29, 1.82) is 0 Å². The SMILES string of the molecule is COc1cc(C(=O)O[C@H](C)C(=O)Nc2ccc3c(c2)CCC3)cc2c1OCCO2. The summed E-state index contributed by atoms with van der Waals surface area (Å²) in [5, 5.41) is 2.82. The second-order valence-corrected chi connectivity index (χ2v) is 7.08. The number of ether oxygens (including phenoxy) is 4. The third kappa shape index (κ3) is 3.99. The minimum absolute atomic E-state index is 0.225. The Labute approximate surface area is 168 Å². The summed E-state index contributed by atoms with van der Waals surface area (Å²) in [4.78, 5) is 25.0. The summed E-state index contributed by atoms with van der Waals surface area (Å²) < 4.78 is 21.7. The minimum atomic E-state index is -0.963. The maximum absolute atomic E-state index is 12.6. The minimum Gasteiger partial charge on any atom is -0.493 e. The van der Waals surface area contributed by atoms with Crippen LogP contribution in [0.5, 0.6) is 17.2 Å². The second kappa shape index (κ2) is 8.03.